The Hall–Kier alpha value is -2.88. The van der Waals surface area contributed by atoms with E-state index in [1.165, 1.54) is 37.5 Å². The molecule has 4 heterocycles. The van der Waals surface area contributed by atoms with Gasteiger partial charge in [0.25, 0.3) is 0 Å². The molecule has 2 N–H and O–H groups in total. The Labute approximate surface area is 291 Å². The van der Waals surface area contributed by atoms with Crippen molar-refractivity contribution in [2.24, 2.45) is 11.8 Å². The third-order valence-corrected chi connectivity index (χ3v) is 13.2. The summed E-state index contributed by atoms with van der Waals surface area (Å²) < 4.78 is 21.4. The topological polar surface area (TPSA) is 104 Å². The Bertz CT molecular complexity index is 1460. The van der Waals surface area contributed by atoms with E-state index < -0.39 is 17.3 Å². The molecular formula is C38H54FN7O3. The van der Waals surface area contributed by atoms with E-state index in [-0.39, 0.29) is 42.2 Å². The minimum atomic E-state index is -0.746. The third kappa shape index (κ3) is 6.12. The number of hydrogen-bond donors (Lipinski definition) is 2. The quantitative estimate of drug-likeness (QED) is 0.330. The van der Waals surface area contributed by atoms with Gasteiger partial charge in [0.05, 0.1) is 42.4 Å². The number of rotatable bonds is 7. The minimum absolute atomic E-state index is 0.0621. The summed E-state index contributed by atoms with van der Waals surface area (Å²) in [6, 6.07) is 7.34. The van der Waals surface area contributed by atoms with Gasteiger partial charge in [0.2, 0.25) is 11.8 Å². The van der Waals surface area contributed by atoms with E-state index in [1.54, 1.807) is 16.8 Å². The molecule has 6 aliphatic rings. The zero-order valence-electron chi connectivity index (χ0n) is 29.3. The predicted octanol–water partition coefficient (Wildman–Crippen LogP) is 4.07. The highest BCUT2D eigenvalue weighted by molar-refractivity contribution is 6.08. The van der Waals surface area contributed by atoms with Crippen LogP contribution in [0.15, 0.2) is 30.9 Å². The van der Waals surface area contributed by atoms with E-state index in [0.717, 1.165) is 50.6 Å². The average molecular weight is 676 g/mol. The highest BCUT2D eigenvalue weighted by Gasteiger charge is 2.64. The summed E-state index contributed by atoms with van der Waals surface area (Å²) >= 11 is 0. The van der Waals surface area contributed by atoms with E-state index in [4.69, 9.17) is 4.74 Å². The van der Waals surface area contributed by atoms with Crippen molar-refractivity contribution < 1.29 is 18.7 Å². The summed E-state index contributed by atoms with van der Waals surface area (Å²) in [5.74, 6) is 0.0953. The lowest BCUT2D eigenvalue weighted by Crippen LogP contribution is -2.79. The number of anilines is 1. The number of benzene rings is 1. The minimum Gasteiger partial charge on any atom is -0.348 e. The Morgan fingerprint density at radius 2 is 1.90 bits per heavy atom. The van der Waals surface area contributed by atoms with Crippen molar-refractivity contribution >= 4 is 17.5 Å². The number of hydrogen-bond acceptors (Lipinski definition) is 8. The molecule has 0 radical (unpaired) electrons. The monoisotopic (exact) mass is 675 g/mol. The van der Waals surface area contributed by atoms with Gasteiger partial charge in [-0.2, -0.15) is 5.26 Å². The van der Waals surface area contributed by atoms with Gasteiger partial charge in [0, 0.05) is 44.2 Å². The maximum Gasteiger partial charge on any atom is 0.246 e. The standard InChI is InChI=1S/C38H54FN7O3/c1-4-33(47)46-21-20-45(23-28(46)16-18-40)34-31-15-17-37(30-14-13-27(39)22-32(30)44(3)35(37)48)25-38(31,26-10-7-5-6-8-11-26)42-36(41-34)49-24-29-12-9-19-43(29)2/h4,13-14,22,26,28-29,31,34,36,41-42H,1,5-12,15-17,19-21,23-25H2,2-3H3/t28-,29-,31?,34?,36?,37-,38?/m1/s1. The fraction of sp³-hybridized carbons (Fsp3) is 0.711. The molecule has 4 unspecified atom stereocenters. The van der Waals surface area contributed by atoms with Gasteiger partial charge in [-0.3, -0.25) is 25.1 Å². The van der Waals surface area contributed by atoms with E-state index in [0.29, 0.717) is 56.7 Å². The number of nitrogens with one attached hydrogen (secondary N) is 2. The number of nitriles is 1. The second-order valence-electron chi connectivity index (χ2n) is 15.7. The fourth-order valence-electron chi connectivity index (χ4n) is 10.7. The normalized spacial score (nSPS) is 36.0. The van der Waals surface area contributed by atoms with Gasteiger partial charge in [-0.15, -0.1) is 0 Å². The summed E-state index contributed by atoms with van der Waals surface area (Å²) in [7, 11) is 3.96. The molecule has 10 nitrogen and oxygen atoms in total. The molecule has 1 aromatic carbocycles. The Morgan fingerprint density at radius 1 is 1.10 bits per heavy atom. The summed E-state index contributed by atoms with van der Waals surface area (Å²) in [6.45, 7) is 7.17. The van der Waals surface area contributed by atoms with Crippen LogP contribution in [0.1, 0.15) is 82.6 Å². The van der Waals surface area contributed by atoms with E-state index >= 15 is 0 Å². The SMILES string of the molecule is C=CC(=O)N1CCN(C2NC(OC[C@H]3CCCN3C)NC3(C4CCCCCC4)C[C@@]4(CCC23)C(=O)N(C)c2cc(F)ccc24)C[C@H]1CC#N. The zero-order valence-corrected chi connectivity index (χ0v) is 29.3. The summed E-state index contributed by atoms with van der Waals surface area (Å²) in [6.07, 6.45) is 12.4. The number of piperazine rings is 1. The molecule has 2 aliphatic carbocycles. The van der Waals surface area contributed by atoms with Crippen LogP contribution < -0.4 is 15.5 Å². The molecule has 2 amide bonds. The smallest absolute Gasteiger partial charge is 0.246 e. The highest BCUT2D eigenvalue weighted by Crippen LogP contribution is 2.58. The molecule has 11 heteroatoms. The van der Waals surface area contributed by atoms with Crippen LogP contribution >= 0.6 is 0 Å². The fourth-order valence-corrected chi connectivity index (χ4v) is 10.7. The first kappa shape index (κ1) is 34.6. The summed E-state index contributed by atoms with van der Waals surface area (Å²) in [5.41, 5.74) is 0.463. The van der Waals surface area contributed by atoms with Gasteiger partial charge in [-0.05, 0) is 88.2 Å². The van der Waals surface area contributed by atoms with Crippen LogP contribution in [0.25, 0.3) is 0 Å². The number of likely N-dealkylation sites (N-methyl/N-ethyl adjacent to an activating group) is 2. The lowest BCUT2D eigenvalue weighted by molar-refractivity contribution is -0.161. The first-order valence-corrected chi connectivity index (χ1v) is 18.7. The maximum atomic E-state index is 14.6. The average Bonchev–Trinajstić information content (AvgIpc) is 3.43. The van der Waals surface area contributed by atoms with Crippen LogP contribution in [0, 0.1) is 29.0 Å². The number of halogens is 1. The van der Waals surface area contributed by atoms with Crippen molar-refractivity contribution in [2.45, 2.75) is 113 Å². The van der Waals surface area contributed by atoms with Crippen molar-refractivity contribution in [1.82, 2.24) is 25.3 Å². The number of likely N-dealkylation sites (tertiary alicyclic amines) is 1. The second kappa shape index (κ2) is 14.0. The van der Waals surface area contributed by atoms with Gasteiger partial charge in [0.15, 0.2) is 6.35 Å². The molecule has 5 fully saturated rings. The number of nitrogens with zero attached hydrogens (tertiary/aromatic N) is 5. The molecule has 4 aliphatic heterocycles. The van der Waals surface area contributed by atoms with Crippen molar-refractivity contribution in [1.29, 1.82) is 5.26 Å². The lowest BCUT2D eigenvalue weighted by atomic mass is 9.53. The zero-order chi connectivity index (χ0) is 34.3. The van der Waals surface area contributed by atoms with Crippen LogP contribution in [0.4, 0.5) is 10.1 Å². The maximum absolute atomic E-state index is 14.6. The first-order chi connectivity index (χ1) is 23.7. The van der Waals surface area contributed by atoms with Crippen LogP contribution in [0.3, 0.4) is 0 Å². The van der Waals surface area contributed by atoms with Crippen molar-refractivity contribution in [3.8, 4) is 6.07 Å². The molecule has 2 saturated carbocycles. The van der Waals surface area contributed by atoms with Gasteiger partial charge in [-0.25, -0.2) is 4.39 Å². The third-order valence-electron chi connectivity index (χ3n) is 13.2. The molecule has 49 heavy (non-hydrogen) atoms. The molecule has 1 aromatic rings. The number of fused-ring (bicyclic) bond motifs is 3. The van der Waals surface area contributed by atoms with E-state index in [9.17, 15) is 19.2 Å². The number of carbonyl (C=O) groups excluding carboxylic acids is 2. The van der Waals surface area contributed by atoms with E-state index in [2.05, 4.69) is 40.1 Å². The molecule has 7 atom stereocenters. The molecule has 3 saturated heterocycles. The van der Waals surface area contributed by atoms with Crippen LogP contribution in [0.5, 0.6) is 0 Å². The molecular weight excluding hydrogens is 621 g/mol. The van der Waals surface area contributed by atoms with Gasteiger partial charge < -0.3 is 19.4 Å². The van der Waals surface area contributed by atoms with Crippen molar-refractivity contribution in [3.05, 3.63) is 42.2 Å². The van der Waals surface area contributed by atoms with E-state index in [1.807, 2.05) is 6.07 Å². The predicted molar refractivity (Wildman–Crippen MR) is 186 cm³/mol. The van der Waals surface area contributed by atoms with Gasteiger partial charge in [0.1, 0.15) is 5.82 Å². The Balaban J connectivity index is 1.29. The molecule has 0 bridgehead atoms. The Kier molecular flexibility index (Phi) is 9.90. The van der Waals surface area contributed by atoms with Crippen LogP contribution in [0.2, 0.25) is 0 Å². The van der Waals surface area contributed by atoms with Gasteiger partial charge in [-0.1, -0.05) is 38.3 Å². The second-order valence-corrected chi connectivity index (χ2v) is 15.7. The van der Waals surface area contributed by atoms with Crippen molar-refractivity contribution in [2.75, 3.05) is 51.8 Å². The van der Waals surface area contributed by atoms with Gasteiger partial charge >= 0.3 is 0 Å². The number of carbonyl (C=O) groups is 2. The Morgan fingerprint density at radius 3 is 2.61 bits per heavy atom. The molecule has 0 aromatic heterocycles. The number of ether oxygens (including phenoxy) is 1. The summed E-state index contributed by atoms with van der Waals surface area (Å²) in [4.78, 5) is 35.7. The van der Waals surface area contributed by atoms with Crippen LogP contribution in [-0.4, -0.2) is 104 Å². The summed E-state index contributed by atoms with van der Waals surface area (Å²) in [5, 5.41) is 17.8. The van der Waals surface area contributed by atoms with Crippen molar-refractivity contribution in [3.63, 3.8) is 0 Å². The lowest BCUT2D eigenvalue weighted by Gasteiger charge is -2.63. The molecule has 266 valence electrons. The highest BCUT2D eigenvalue weighted by atomic mass is 19.1. The molecule has 1 spiro atoms. The number of amides is 2. The largest absolute Gasteiger partial charge is 0.348 e. The molecule has 7 rings (SSSR count). The first-order valence-electron chi connectivity index (χ1n) is 18.7. The van der Waals surface area contributed by atoms with Crippen LogP contribution in [-0.2, 0) is 19.7 Å².